The third kappa shape index (κ3) is 3.57. The average Bonchev–Trinajstić information content (AvgIpc) is 2.29. The first-order valence-electron chi connectivity index (χ1n) is 5.28. The molecule has 1 N–H and O–H groups in total. The number of aldehydes is 1. The van der Waals surface area contributed by atoms with Crippen LogP contribution in [0, 0.1) is 0 Å². The lowest BCUT2D eigenvalue weighted by atomic mass is 10.2. The Labute approximate surface area is 100 Å². The van der Waals surface area contributed by atoms with E-state index in [0.29, 0.717) is 12.8 Å². The van der Waals surface area contributed by atoms with E-state index in [9.17, 15) is 9.59 Å². The fraction of sp³-hybridized carbons (Fsp3) is 0.333. The van der Waals surface area contributed by atoms with Crippen LogP contribution in [0.5, 0.6) is 0 Å². The maximum atomic E-state index is 11.1. The molecule has 0 aliphatic heterocycles. The number of carbonyl (C=O) groups is 2. The van der Waals surface area contributed by atoms with E-state index in [-0.39, 0.29) is 0 Å². The van der Waals surface area contributed by atoms with E-state index in [1.54, 1.807) is 14.0 Å². The molecule has 0 saturated heterocycles. The number of carbonyl (C=O) groups excluding carboxylic acids is 1. The van der Waals surface area contributed by atoms with Crippen LogP contribution < -0.4 is 0 Å². The lowest BCUT2D eigenvalue weighted by Gasteiger charge is -2.31. The largest absolute Gasteiger partial charge is 0.464 e. The van der Waals surface area contributed by atoms with Gasteiger partial charge in [0.05, 0.1) is 0 Å². The first kappa shape index (κ1) is 13.2. The summed E-state index contributed by atoms with van der Waals surface area (Å²) in [6.07, 6.45) is -0.529. The van der Waals surface area contributed by atoms with E-state index in [4.69, 9.17) is 5.11 Å². The summed E-state index contributed by atoms with van der Waals surface area (Å²) in [5.41, 5.74) is 0.986. The van der Waals surface area contributed by atoms with E-state index < -0.39 is 12.1 Å². The Morgan fingerprint density at radius 1 is 1.41 bits per heavy atom. The fourth-order valence-electron chi connectivity index (χ4n) is 1.61. The van der Waals surface area contributed by atoms with Gasteiger partial charge in [0, 0.05) is 13.6 Å². The summed E-state index contributed by atoms with van der Waals surface area (Å²) in [6.45, 7) is 1.98. The molecule has 1 aromatic rings. The zero-order valence-electron chi connectivity index (χ0n) is 9.91. The highest BCUT2D eigenvalue weighted by atomic mass is 16.4. The second-order valence-electron chi connectivity index (χ2n) is 3.81. The molecule has 1 amide bonds. The van der Waals surface area contributed by atoms with Crippen molar-refractivity contribution >= 4 is 12.4 Å². The quantitative estimate of drug-likeness (QED) is 0.623. The van der Waals surface area contributed by atoms with Crippen molar-refractivity contribution in [1.82, 2.24) is 10.0 Å². The van der Waals surface area contributed by atoms with Crippen LogP contribution in [0.1, 0.15) is 12.5 Å². The summed E-state index contributed by atoms with van der Waals surface area (Å²) < 4.78 is 0. The average molecular weight is 236 g/mol. The molecule has 0 fully saturated rings. The zero-order valence-corrected chi connectivity index (χ0v) is 9.91. The molecule has 0 saturated carbocycles. The monoisotopic (exact) mass is 236 g/mol. The van der Waals surface area contributed by atoms with E-state index in [1.165, 1.54) is 5.01 Å². The van der Waals surface area contributed by atoms with Gasteiger partial charge in [-0.15, -0.1) is 0 Å². The Balaban J connectivity index is 2.76. The van der Waals surface area contributed by atoms with Crippen LogP contribution in [0.25, 0.3) is 0 Å². The van der Waals surface area contributed by atoms with Gasteiger partial charge in [-0.2, -0.15) is 0 Å². The number of hydrogen-bond donors (Lipinski definition) is 1. The molecule has 5 heteroatoms. The highest BCUT2D eigenvalue weighted by Crippen LogP contribution is 2.08. The minimum absolute atomic E-state index is 0.436. The fourth-order valence-corrected chi connectivity index (χ4v) is 1.61. The predicted octanol–water partition coefficient (Wildman–Crippen LogP) is 1.60. The van der Waals surface area contributed by atoms with Gasteiger partial charge in [-0.25, -0.2) is 14.8 Å². The Hall–Kier alpha value is -1.88. The molecule has 0 radical (unpaired) electrons. The highest BCUT2D eigenvalue weighted by molar-refractivity contribution is 5.70. The summed E-state index contributed by atoms with van der Waals surface area (Å²) in [5, 5.41) is 11.6. The van der Waals surface area contributed by atoms with Gasteiger partial charge in [-0.3, -0.25) is 0 Å². The van der Waals surface area contributed by atoms with Crippen molar-refractivity contribution in [2.75, 3.05) is 7.05 Å². The van der Waals surface area contributed by atoms with Gasteiger partial charge in [0.15, 0.2) is 0 Å². The zero-order chi connectivity index (χ0) is 12.8. The van der Waals surface area contributed by atoms with Crippen molar-refractivity contribution < 1.29 is 14.7 Å². The molecule has 17 heavy (non-hydrogen) atoms. The number of amides is 1. The number of carboxylic acid groups (broad SMARTS) is 1. The molecule has 5 nitrogen and oxygen atoms in total. The summed E-state index contributed by atoms with van der Waals surface area (Å²) >= 11 is 0. The molecule has 0 bridgehead atoms. The number of hydrazine groups is 1. The lowest BCUT2D eigenvalue weighted by molar-refractivity contribution is -0.117. The van der Waals surface area contributed by atoms with Crippen LogP contribution in [0.2, 0.25) is 0 Å². The third-order valence-electron chi connectivity index (χ3n) is 2.40. The first-order valence-corrected chi connectivity index (χ1v) is 5.28. The van der Waals surface area contributed by atoms with E-state index in [2.05, 4.69) is 0 Å². The molecule has 0 aromatic heterocycles. The molecule has 92 valence electrons. The SMILES string of the molecule is CC(C=O)N(C(=O)O)N(C)Cc1ccccc1. The van der Waals surface area contributed by atoms with Crippen molar-refractivity contribution in [3.8, 4) is 0 Å². The Kier molecular flexibility index (Phi) is 4.66. The number of hydrogen-bond acceptors (Lipinski definition) is 3. The Bertz CT molecular complexity index is 381. The number of benzene rings is 1. The molecule has 1 aromatic carbocycles. The lowest BCUT2D eigenvalue weighted by Crippen LogP contribution is -2.49. The predicted molar refractivity (Wildman–Crippen MR) is 63.3 cm³/mol. The second kappa shape index (κ2) is 6.00. The third-order valence-corrected chi connectivity index (χ3v) is 2.40. The van der Waals surface area contributed by atoms with Crippen LogP contribution in [0.4, 0.5) is 4.79 Å². The topological polar surface area (TPSA) is 60.9 Å². The molecule has 1 atom stereocenters. The van der Waals surface area contributed by atoms with Crippen LogP contribution in [-0.4, -0.2) is 40.6 Å². The van der Waals surface area contributed by atoms with Gasteiger partial charge in [-0.1, -0.05) is 30.3 Å². The normalized spacial score (nSPS) is 12.2. The molecule has 1 rings (SSSR count). The first-order chi connectivity index (χ1) is 8.06. The van der Waals surface area contributed by atoms with Crippen LogP contribution in [-0.2, 0) is 11.3 Å². The van der Waals surface area contributed by atoms with Crippen molar-refractivity contribution in [2.24, 2.45) is 0 Å². The van der Waals surface area contributed by atoms with Gasteiger partial charge >= 0.3 is 6.09 Å². The summed E-state index contributed by atoms with van der Waals surface area (Å²) in [7, 11) is 1.64. The molecule has 0 aliphatic rings. The maximum absolute atomic E-state index is 11.1. The van der Waals surface area contributed by atoms with Crippen molar-refractivity contribution in [3.05, 3.63) is 35.9 Å². The van der Waals surface area contributed by atoms with Gasteiger partial charge in [0.2, 0.25) is 0 Å². The molecule has 0 heterocycles. The molecule has 1 unspecified atom stereocenters. The second-order valence-corrected chi connectivity index (χ2v) is 3.81. The highest BCUT2D eigenvalue weighted by Gasteiger charge is 2.23. The van der Waals surface area contributed by atoms with Crippen LogP contribution in [0.3, 0.4) is 0 Å². The van der Waals surface area contributed by atoms with Crippen molar-refractivity contribution in [2.45, 2.75) is 19.5 Å². The van der Waals surface area contributed by atoms with Gasteiger partial charge < -0.3 is 9.90 Å². The van der Waals surface area contributed by atoms with E-state index >= 15 is 0 Å². The van der Waals surface area contributed by atoms with Crippen molar-refractivity contribution in [1.29, 1.82) is 0 Å². The van der Waals surface area contributed by atoms with Crippen LogP contribution >= 0.6 is 0 Å². The molecular formula is C12H16N2O3. The van der Waals surface area contributed by atoms with Crippen LogP contribution in [0.15, 0.2) is 30.3 Å². The Morgan fingerprint density at radius 3 is 2.47 bits per heavy atom. The number of nitrogens with zero attached hydrogens (tertiary/aromatic N) is 2. The van der Waals surface area contributed by atoms with Gasteiger partial charge in [0.1, 0.15) is 12.3 Å². The van der Waals surface area contributed by atoms with Crippen molar-refractivity contribution in [3.63, 3.8) is 0 Å². The summed E-state index contributed by atoms with van der Waals surface area (Å²) in [6, 6.07) is 8.78. The van der Waals surface area contributed by atoms with E-state index in [1.807, 2.05) is 30.3 Å². The van der Waals surface area contributed by atoms with Gasteiger partial charge in [0.25, 0.3) is 0 Å². The Morgan fingerprint density at radius 2 is 2.00 bits per heavy atom. The molecule has 0 spiro atoms. The van der Waals surface area contributed by atoms with Gasteiger partial charge in [-0.05, 0) is 12.5 Å². The van der Waals surface area contributed by atoms with E-state index in [0.717, 1.165) is 10.6 Å². The molecular weight excluding hydrogens is 220 g/mol. The molecule has 0 aliphatic carbocycles. The minimum Gasteiger partial charge on any atom is -0.464 e. The standard InChI is InChI=1S/C12H16N2O3/c1-10(9-15)14(12(16)17)13(2)8-11-6-4-3-5-7-11/h3-7,9-10H,8H2,1-2H3,(H,16,17). The maximum Gasteiger partial charge on any atom is 0.422 e. The summed E-state index contributed by atoms with van der Waals surface area (Å²) in [4.78, 5) is 21.7. The number of rotatable bonds is 5. The smallest absolute Gasteiger partial charge is 0.422 e. The summed E-state index contributed by atoms with van der Waals surface area (Å²) in [5.74, 6) is 0. The minimum atomic E-state index is -1.14.